The van der Waals surface area contributed by atoms with E-state index in [0.29, 0.717) is 43.3 Å². The maximum absolute atomic E-state index is 12.6. The Morgan fingerprint density at radius 1 is 1.13 bits per heavy atom. The Kier molecular flexibility index (Phi) is 5.50. The molecule has 7 nitrogen and oxygen atoms in total. The Morgan fingerprint density at radius 2 is 1.77 bits per heavy atom. The molecule has 1 aliphatic rings. The number of nitriles is 1. The van der Waals surface area contributed by atoms with Crippen LogP contribution in [-0.4, -0.2) is 29.1 Å². The molecule has 0 spiro atoms. The van der Waals surface area contributed by atoms with Crippen LogP contribution in [0.2, 0.25) is 0 Å². The SMILES string of the molecule is Cc1c(C2(C#N)CCOCC2)nn(-c2ccccc2)c1NC(=O)Oc1ccccc1. The van der Waals surface area contributed by atoms with E-state index in [2.05, 4.69) is 11.4 Å². The van der Waals surface area contributed by atoms with Crippen LogP contribution < -0.4 is 10.1 Å². The van der Waals surface area contributed by atoms with Gasteiger partial charge in [-0.05, 0) is 44.0 Å². The Morgan fingerprint density at radius 3 is 2.40 bits per heavy atom. The van der Waals surface area contributed by atoms with Gasteiger partial charge in [-0.2, -0.15) is 10.4 Å². The van der Waals surface area contributed by atoms with E-state index in [-0.39, 0.29) is 0 Å². The van der Waals surface area contributed by atoms with Crippen molar-refractivity contribution in [1.29, 1.82) is 5.26 Å². The average molecular weight is 402 g/mol. The van der Waals surface area contributed by atoms with Gasteiger partial charge < -0.3 is 9.47 Å². The third-order valence-electron chi connectivity index (χ3n) is 5.31. The molecule has 0 radical (unpaired) electrons. The van der Waals surface area contributed by atoms with Crippen molar-refractivity contribution in [3.8, 4) is 17.5 Å². The second-order valence-electron chi connectivity index (χ2n) is 7.20. The summed E-state index contributed by atoms with van der Waals surface area (Å²) in [5.41, 5.74) is 1.43. The van der Waals surface area contributed by atoms with Crippen LogP contribution in [0.15, 0.2) is 60.7 Å². The molecule has 2 heterocycles. The molecule has 3 aromatic rings. The fourth-order valence-corrected chi connectivity index (χ4v) is 3.69. The van der Waals surface area contributed by atoms with E-state index >= 15 is 0 Å². The highest BCUT2D eigenvalue weighted by molar-refractivity contribution is 5.87. The highest BCUT2D eigenvalue weighted by atomic mass is 16.6. The van der Waals surface area contributed by atoms with Crippen molar-refractivity contribution in [1.82, 2.24) is 9.78 Å². The minimum absolute atomic E-state index is 0.441. The van der Waals surface area contributed by atoms with Crippen LogP contribution in [-0.2, 0) is 10.2 Å². The number of hydrogen-bond donors (Lipinski definition) is 1. The second kappa shape index (κ2) is 8.39. The Labute approximate surface area is 174 Å². The highest BCUT2D eigenvalue weighted by Gasteiger charge is 2.40. The van der Waals surface area contributed by atoms with Gasteiger partial charge in [-0.1, -0.05) is 36.4 Å². The molecule has 1 saturated heterocycles. The van der Waals surface area contributed by atoms with E-state index in [4.69, 9.17) is 14.6 Å². The molecule has 0 bridgehead atoms. The summed E-state index contributed by atoms with van der Waals surface area (Å²) in [6.07, 6.45) is 0.500. The predicted molar refractivity (Wildman–Crippen MR) is 112 cm³/mol. The first-order valence-corrected chi connectivity index (χ1v) is 9.81. The number of para-hydroxylation sites is 2. The Bertz CT molecular complexity index is 1070. The van der Waals surface area contributed by atoms with Crippen molar-refractivity contribution in [3.63, 3.8) is 0 Å². The zero-order chi connectivity index (χ0) is 21.0. The summed E-state index contributed by atoms with van der Waals surface area (Å²) in [5, 5.41) is 17.6. The smallest absolute Gasteiger partial charge is 0.410 e. The number of rotatable bonds is 4. The number of benzene rings is 2. The van der Waals surface area contributed by atoms with Crippen molar-refractivity contribution in [2.75, 3.05) is 18.5 Å². The van der Waals surface area contributed by atoms with E-state index in [9.17, 15) is 10.1 Å². The molecule has 2 aromatic carbocycles. The molecule has 0 atom stereocenters. The van der Waals surface area contributed by atoms with Crippen molar-refractivity contribution in [2.45, 2.75) is 25.2 Å². The van der Waals surface area contributed by atoms with Gasteiger partial charge in [0.25, 0.3) is 0 Å². The third kappa shape index (κ3) is 3.78. The molecule has 4 rings (SSSR count). The van der Waals surface area contributed by atoms with Crippen LogP contribution in [0.25, 0.3) is 5.69 Å². The van der Waals surface area contributed by atoms with Crippen LogP contribution in [0.1, 0.15) is 24.1 Å². The van der Waals surface area contributed by atoms with Crippen LogP contribution in [0.3, 0.4) is 0 Å². The lowest BCUT2D eigenvalue weighted by molar-refractivity contribution is 0.0661. The molecule has 1 fully saturated rings. The van der Waals surface area contributed by atoms with E-state index < -0.39 is 11.5 Å². The van der Waals surface area contributed by atoms with E-state index in [1.807, 2.05) is 43.3 Å². The summed E-state index contributed by atoms with van der Waals surface area (Å²) in [5.74, 6) is 0.926. The monoisotopic (exact) mass is 402 g/mol. The fourth-order valence-electron chi connectivity index (χ4n) is 3.69. The molecule has 1 aliphatic heterocycles. The number of amides is 1. The van der Waals surface area contributed by atoms with E-state index in [1.165, 1.54) is 0 Å². The summed E-state index contributed by atoms with van der Waals surface area (Å²) < 4.78 is 12.5. The van der Waals surface area contributed by atoms with Gasteiger partial charge in [-0.25, -0.2) is 9.48 Å². The molecule has 1 N–H and O–H groups in total. The molecule has 1 amide bonds. The molecule has 0 unspecified atom stereocenters. The van der Waals surface area contributed by atoms with E-state index in [0.717, 1.165) is 11.3 Å². The third-order valence-corrected chi connectivity index (χ3v) is 5.31. The Hall–Kier alpha value is -3.63. The molecule has 7 heteroatoms. The lowest BCUT2D eigenvalue weighted by Gasteiger charge is -2.29. The zero-order valence-electron chi connectivity index (χ0n) is 16.7. The van der Waals surface area contributed by atoms with Gasteiger partial charge >= 0.3 is 6.09 Å². The first kappa shape index (κ1) is 19.7. The van der Waals surface area contributed by atoms with Crippen LogP contribution >= 0.6 is 0 Å². The maximum Gasteiger partial charge on any atom is 0.418 e. The van der Waals surface area contributed by atoms with Gasteiger partial charge in [0.1, 0.15) is 17.0 Å². The topological polar surface area (TPSA) is 89.2 Å². The number of nitrogens with zero attached hydrogens (tertiary/aromatic N) is 3. The first-order valence-electron chi connectivity index (χ1n) is 9.81. The Balaban J connectivity index is 1.73. The minimum atomic E-state index is -0.748. The van der Waals surface area contributed by atoms with Gasteiger partial charge in [-0.15, -0.1) is 0 Å². The standard InChI is InChI=1S/C23H22N4O3/c1-17-20(23(16-24)12-14-29-15-13-23)26-27(18-8-4-2-5-9-18)21(17)25-22(28)30-19-10-6-3-7-11-19/h2-11H,12-15H2,1H3,(H,25,28). The zero-order valence-corrected chi connectivity index (χ0v) is 16.7. The summed E-state index contributed by atoms with van der Waals surface area (Å²) in [6, 6.07) is 20.8. The van der Waals surface area contributed by atoms with Gasteiger partial charge in [0, 0.05) is 18.8 Å². The molecular weight excluding hydrogens is 380 g/mol. The summed E-state index contributed by atoms with van der Waals surface area (Å²) in [6.45, 7) is 2.88. The lowest BCUT2D eigenvalue weighted by atomic mass is 9.77. The van der Waals surface area contributed by atoms with Crippen molar-refractivity contribution in [3.05, 3.63) is 71.9 Å². The number of aromatic nitrogens is 2. The fraction of sp³-hybridized carbons (Fsp3) is 0.261. The van der Waals surface area contributed by atoms with Crippen LogP contribution in [0.4, 0.5) is 10.6 Å². The number of carbonyl (C=O) groups is 1. The van der Waals surface area contributed by atoms with Gasteiger partial charge in [-0.3, -0.25) is 5.32 Å². The number of anilines is 1. The number of carbonyl (C=O) groups excluding carboxylic acids is 1. The quantitative estimate of drug-likeness (QED) is 0.700. The van der Waals surface area contributed by atoms with E-state index in [1.54, 1.807) is 28.9 Å². The predicted octanol–water partition coefficient (Wildman–Crippen LogP) is 4.36. The maximum atomic E-state index is 12.6. The number of ether oxygens (including phenoxy) is 2. The summed E-state index contributed by atoms with van der Waals surface area (Å²) in [7, 11) is 0. The van der Waals surface area contributed by atoms with Gasteiger partial charge in [0.15, 0.2) is 0 Å². The molecule has 0 aliphatic carbocycles. The largest absolute Gasteiger partial charge is 0.418 e. The molecule has 30 heavy (non-hydrogen) atoms. The van der Waals surface area contributed by atoms with Gasteiger partial charge in [0.05, 0.1) is 17.5 Å². The summed E-state index contributed by atoms with van der Waals surface area (Å²) in [4.78, 5) is 12.6. The van der Waals surface area contributed by atoms with Crippen LogP contribution in [0.5, 0.6) is 5.75 Å². The van der Waals surface area contributed by atoms with Crippen molar-refractivity contribution in [2.24, 2.45) is 0 Å². The molecular formula is C23H22N4O3. The normalized spacial score (nSPS) is 15.2. The van der Waals surface area contributed by atoms with Crippen molar-refractivity contribution < 1.29 is 14.3 Å². The first-order chi connectivity index (χ1) is 14.6. The lowest BCUT2D eigenvalue weighted by Crippen LogP contribution is -2.33. The number of nitrogens with one attached hydrogen (secondary N) is 1. The molecule has 1 aromatic heterocycles. The number of hydrogen-bond acceptors (Lipinski definition) is 5. The van der Waals surface area contributed by atoms with Crippen LogP contribution in [0, 0.1) is 18.3 Å². The van der Waals surface area contributed by atoms with Gasteiger partial charge in [0.2, 0.25) is 0 Å². The average Bonchev–Trinajstić information content (AvgIpc) is 3.12. The summed E-state index contributed by atoms with van der Waals surface area (Å²) >= 11 is 0. The minimum Gasteiger partial charge on any atom is -0.410 e. The molecule has 152 valence electrons. The molecule has 0 saturated carbocycles. The highest BCUT2D eigenvalue weighted by Crippen LogP contribution is 2.38. The van der Waals surface area contributed by atoms with Crippen molar-refractivity contribution >= 4 is 11.9 Å². The second-order valence-corrected chi connectivity index (χ2v) is 7.20.